The number of carbonyl (C=O) groups excluding carboxylic acids is 7. The molecule has 0 radical (unpaired) electrons. The number of aryl methyl sites for hydroxylation is 2. The second kappa shape index (κ2) is 44.4. The fourth-order valence-electron chi connectivity index (χ4n) is 18.1. The standard InChI is InChI=1S/C100H107Cl2N9O32/c1-4-6-8-44-10-14-46(15-11-44)38-103-74-50-20-23-63(119)66(32-50)135-56-29-52(28-54(116)35-56)76-94(130)109-77-53-33-68(136-64-24-18-48(26-59(64)101)27-61(91(127)107-76)106-92(74)128)90(143-98-79(85(123)82(120)70(40-112)139-98)104-39-47-16-12-45(13-17-47)9-7-5-2)69(34-53)137-65-25-21-51(31-60(65)102)89(142-99-80(105-43(3)115)86(124)83(121)71(41-113)140-99)81-96(132)110-78(97(133)134)58-36-55(117)37-67(138-100-88(126)87(125)84(122)72(42-114)141-100)73(58)57-30-49(19-22-62(57)118)75(93(129)111-81)108-95(77)131/h10-26,28-37,61,70-72,74-89,98-100,103-104,112-114,116-126H,4-9,27,38-42H2,1-3H3,(H,105,115)(H,106,128)(H,107,127)(H,108,131)(H,109,130)(H,110,132)(H,111,129)(H,133,134)/t61-,70-,71-,72-,74+,75-,76+,77-,78+,79-,80-,81+,82-,83-,84-,85-,86-,87+,88+,89-,98+,99+,100+/m1/s1. The first-order chi connectivity index (χ1) is 68.5. The molecule has 9 heterocycles. The number of aliphatic hydroxyl groups is 10. The van der Waals surface area contributed by atoms with Crippen molar-refractivity contribution in [3.8, 4) is 80.1 Å². The number of phenols is 4. The van der Waals surface area contributed by atoms with Crippen molar-refractivity contribution in [2.45, 2.75) is 219 Å². The Kier molecular flexibility index (Phi) is 31.9. The molecule has 23 atom stereocenters. The number of amides is 7. The maximum Gasteiger partial charge on any atom is 0.330 e. The molecule has 7 amide bonds. The van der Waals surface area contributed by atoms with Crippen molar-refractivity contribution in [1.82, 2.24) is 47.9 Å². The van der Waals surface area contributed by atoms with Crippen LogP contribution in [0.25, 0.3) is 11.1 Å². The van der Waals surface area contributed by atoms with Gasteiger partial charge in [-0.3, -0.25) is 38.9 Å². The highest BCUT2D eigenvalue weighted by molar-refractivity contribution is 6.32. The highest BCUT2D eigenvalue weighted by atomic mass is 35.5. The van der Waals surface area contributed by atoms with E-state index < -0.39 is 299 Å². The van der Waals surface area contributed by atoms with Gasteiger partial charge in [-0.05, 0) is 160 Å². The van der Waals surface area contributed by atoms with Gasteiger partial charge in [-0.2, -0.15) is 0 Å². The lowest BCUT2D eigenvalue weighted by Gasteiger charge is -2.44. The van der Waals surface area contributed by atoms with Crippen LogP contribution < -0.4 is 71.5 Å². The molecule has 0 unspecified atom stereocenters. The number of aromatic hydroxyl groups is 4. The van der Waals surface area contributed by atoms with Crippen molar-refractivity contribution < 1.29 is 158 Å². The lowest BCUT2D eigenvalue weighted by Crippen LogP contribution is -2.65. The molecule has 43 heteroatoms. The molecule has 0 saturated carbocycles. The number of benzene rings is 9. The number of carboxylic acids is 1. The minimum atomic E-state index is -2.58. The summed E-state index contributed by atoms with van der Waals surface area (Å²) in [7, 11) is 0. The molecule has 17 bridgehead atoms. The third kappa shape index (κ3) is 22.6. The van der Waals surface area contributed by atoms with E-state index in [1.165, 1.54) is 42.5 Å². The van der Waals surface area contributed by atoms with Gasteiger partial charge in [-0.25, -0.2) is 4.79 Å². The van der Waals surface area contributed by atoms with Crippen LogP contribution in [-0.2, 0) is 89.7 Å². The van der Waals surface area contributed by atoms with Crippen LogP contribution in [0.4, 0.5) is 0 Å². The Morgan fingerprint density at radius 1 is 0.448 bits per heavy atom. The van der Waals surface area contributed by atoms with Crippen molar-refractivity contribution in [3.63, 3.8) is 0 Å². The Morgan fingerprint density at radius 3 is 1.57 bits per heavy atom. The van der Waals surface area contributed by atoms with Crippen molar-refractivity contribution >= 4 is 70.5 Å². The van der Waals surface area contributed by atoms with Crippen LogP contribution in [-0.4, -0.2) is 248 Å². The van der Waals surface area contributed by atoms with Gasteiger partial charge in [0.15, 0.2) is 35.3 Å². The van der Waals surface area contributed by atoms with Gasteiger partial charge >= 0.3 is 5.97 Å². The minimum absolute atomic E-state index is 0.0314. The zero-order chi connectivity index (χ0) is 102. The summed E-state index contributed by atoms with van der Waals surface area (Å²) in [6.45, 7) is 2.02. The van der Waals surface area contributed by atoms with E-state index in [9.17, 15) is 86.2 Å². The molecule has 0 aromatic heterocycles. The number of rotatable bonds is 23. The molecule has 9 aromatic carbocycles. The van der Waals surface area contributed by atoms with Gasteiger partial charge in [0.2, 0.25) is 59.7 Å². The first-order valence-corrected chi connectivity index (χ1v) is 47.0. The summed E-state index contributed by atoms with van der Waals surface area (Å²) in [5.41, 5.74) is 0.0432. The number of aliphatic hydroxyl groups excluding tert-OH is 10. The summed E-state index contributed by atoms with van der Waals surface area (Å²) in [5, 5.41) is 197. The highest BCUT2D eigenvalue weighted by Crippen LogP contribution is 2.51. The number of carboxylic acid groups (broad SMARTS) is 1. The summed E-state index contributed by atoms with van der Waals surface area (Å²) in [5.74, 6) is -18.0. The Hall–Kier alpha value is -13.1. The van der Waals surface area contributed by atoms with Gasteiger partial charge in [0, 0.05) is 55.3 Å². The molecule has 9 aromatic rings. The average Bonchev–Trinajstić information content (AvgIpc) is 0.759. The van der Waals surface area contributed by atoms with Crippen LogP contribution >= 0.6 is 23.2 Å². The van der Waals surface area contributed by atoms with E-state index in [0.717, 1.165) is 135 Å². The number of carbonyl (C=O) groups is 8. The molecule has 41 nitrogen and oxygen atoms in total. The fraction of sp³-hybridized carbons (Fsp3) is 0.380. The molecular weight excluding hydrogens is 1910 g/mol. The molecule has 24 N–H and O–H groups in total. The van der Waals surface area contributed by atoms with E-state index in [1.54, 1.807) is 0 Å². The molecule has 3 fully saturated rings. The van der Waals surface area contributed by atoms with E-state index >= 15 is 28.8 Å². The maximum absolute atomic E-state index is 17.2. The molecule has 758 valence electrons. The number of hydrogen-bond acceptors (Lipinski definition) is 33. The Bertz CT molecular complexity index is 6250. The molecular formula is C100H107Cl2N9O32. The molecule has 3 saturated heterocycles. The first-order valence-electron chi connectivity index (χ1n) is 46.2. The van der Waals surface area contributed by atoms with Crippen LogP contribution in [0.3, 0.4) is 0 Å². The SMILES string of the molecule is CCCCc1ccc(CN[C@H]2[C@H](Oc3c4cc5cc3Oc3ccc(cc3Cl)[C@@H](O[C@@H]3O[C@H](CO)[C@@H](O)[C@H](O)[C@H]3NC(C)=O)[C@@H]3NC(=O)[C@H](NC(=O)[C@@H]5NC(=O)[C@H]5NC(=O)[C@@H](Cc6ccc(c(Cl)c6)O4)NC(=O)[C@@H](NCc4ccc(CCCC)cc4)c4ccc(O)c(c4)Oc4cc(O)cc5c4)c4ccc(O)c(c4)-c4c(O[C@H]5O[C@H](CO)[C@@H](O)[C@H](O)[C@@H]5O)cc(O)cc4[C@@H](C(=O)O)NC3=O)O[C@H](CO)[C@@H](O)[C@@H]2O)cc1. The van der Waals surface area contributed by atoms with E-state index in [-0.39, 0.29) is 57.6 Å². The van der Waals surface area contributed by atoms with Crippen LogP contribution in [0.15, 0.2) is 164 Å². The Labute approximate surface area is 825 Å². The molecule has 9 aliphatic heterocycles. The van der Waals surface area contributed by atoms with E-state index in [4.69, 9.17) is 65.8 Å². The van der Waals surface area contributed by atoms with Crippen LogP contribution in [0.5, 0.6) is 69.0 Å². The van der Waals surface area contributed by atoms with E-state index in [1.807, 2.05) is 48.5 Å². The lowest BCUT2D eigenvalue weighted by atomic mass is 9.89. The number of halogens is 2. The third-order valence-electron chi connectivity index (χ3n) is 25.8. The first kappa shape index (κ1) is 103. The van der Waals surface area contributed by atoms with Crippen LogP contribution in [0.1, 0.15) is 144 Å². The van der Waals surface area contributed by atoms with Crippen molar-refractivity contribution in [3.05, 3.63) is 235 Å². The Balaban J connectivity index is 0.934. The van der Waals surface area contributed by atoms with Gasteiger partial charge in [-0.15, -0.1) is 0 Å². The summed E-state index contributed by atoms with van der Waals surface area (Å²) in [6.07, 6.45) is -23.3. The van der Waals surface area contributed by atoms with Gasteiger partial charge in [-0.1, -0.05) is 123 Å². The largest absolute Gasteiger partial charge is 0.508 e. The van der Waals surface area contributed by atoms with Crippen molar-refractivity contribution in [2.24, 2.45) is 0 Å². The molecule has 0 spiro atoms. The minimum Gasteiger partial charge on any atom is -0.508 e. The van der Waals surface area contributed by atoms with Gasteiger partial charge in [0.05, 0.1) is 35.9 Å². The maximum atomic E-state index is 17.2. The summed E-state index contributed by atoms with van der Waals surface area (Å²) >= 11 is 15.0. The molecule has 18 rings (SSSR count). The lowest BCUT2D eigenvalue weighted by molar-refractivity contribution is -0.284. The molecule has 143 heavy (non-hydrogen) atoms. The molecule has 0 aliphatic carbocycles. The topological polar surface area (TPSA) is 631 Å². The van der Waals surface area contributed by atoms with E-state index in [2.05, 4.69) is 61.7 Å². The fourth-order valence-corrected chi connectivity index (χ4v) is 18.6. The number of nitrogens with one attached hydrogen (secondary N) is 9. The van der Waals surface area contributed by atoms with Crippen molar-refractivity contribution in [2.75, 3.05) is 19.8 Å². The Morgan fingerprint density at radius 2 is 0.972 bits per heavy atom. The number of phenolic OH excluding ortho intramolecular Hbond substituents is 4. The van der Waals surface area contributed by atoms with Gasteiger partial charge in [0.25, 0.3) is 0 Å². The quantitative estimate of drug-likeness (QED) is 0.0426. The predicted molar refractivity (Wildman–Crippen MR) is 502 cm³/mol. The van der Waals surface area contributed by atoms with E-state index in [0.29, 0.717) is 5.56 Å². The summed E-state index contributed by atoms with van der Waals surface area (Å²) < 4.78 is 58.5. The number of aliphatic carboxylic acids is 1. The van der Waals surface area contributed by atoms with Crippen LogP contribution in [0, 0.1) is 0 Å². The summed E-state index contributed by atoms with van der Waals surface area (Å²) in [6, 6.07) is 17.6. The second-order valence-corrected chi connectivity index (χ2v) is 36.6. The number of hydrogen-bond donors (Lipinski definition) is 24. The normalized spacial score (nSPS) is 27.6. The third-order valence-corrected chi connectivity index (χ3v) is 26.4. The van der Waals surface area contributed by atoms with Crippen LogP contribution in [0.2, 0.25) is 10.0 Å². The zero-order valence-corrected chi connectivity index (χ0v) is 78.3. The predicted octanol–water partition coefficient (Wildman–Crippen LogP) is 4.21. The number of unbranched alkanes of at least 4 members (excludes halogenated alkanes) is 2. The average molecular weight is 2020 g/mol. The second-order valence-electron chi connectivity index (χ2n) is 35.8. The monoisotopic (exact) mass is 2020 g/mol. The smallest absolute Gasteiger partial charge is 0.330 e. The molecule has 9 aliphatic rings. The zero-order valence-electron chi connectivity index (χ0n) is 76.8. The number of ether oxygens (including phenoxy) is 9. The van der Waals surface area contributed by atoms with Gasteiger partial charge < -0.3 is 162 Å². The summed E-state index contributed by atoms with van der Waals surface area (Å²) in [4.78, 5) is 127. The highest BCUT2D eigenvalue weighted by Gasteiger charge is 2.52. The van der Waals surface area contributed by atoms with Gasteiger partial charge in [0.1, 0.15) is 150 Å². The van der Waals surface area contributed by atoms with Crippen molar-refractivity contribution in [1.29, 1.82) is 0 Å². The number of fused-ring (bicyclic) bond motifs is 14.